The molecule has 1 aromatic heterocycles. The second-order valence-electron chi connectivity index (χ2n) is 4.88. The Kier molecular flexibility index (Phi) is 2.06. The van der Waals surface area contributed by atoms with Crippen LogP contribution in [-0.4, -0.2) is 12.0 Å². The standard InChI is InChI=1S/C17H14N2/c1-18-13-6-7-16-15(10-13)14-8-11-4-2-3-5-12(11)9-17(14)19-16/h2-10,18-19H,1H3. The van der Waals surface area contributed by atoms with Gasteiger partial charge in [-0.3, -0.25) is 0 Å². The van der Waals surface area contributed by atoms with Crippen LogP contribution in [0.5, 0.6) is 0 Å². The van der Waals surface area contributed by atoms with E-state index in [0.29, 0.717) is 0 Å². The molecule has 0 unspecified atom stereocenters. The average molecular weight is 246 g/mol. The Morgan fingerprint density at radius 3 is 2.32 bits per heavy atom. The molecule has 0 aliphatic carbocycles. The van der Waals surface area contributed by atoms with Gasteiger partial charge < -0.3 is 10.3 Å². The van der Waals surface area contributed by atoms with Gasteiger partial charge in [0, 0.05) is 34.5 Å². The third-order valence-corrected chi connectivity index (χ3v) is 3.75. The topological polar surface area (TPSA) is 27.8 Å². The van der Waals surface area contributed by atoms with Crippen molar-refractivity contribution in [2.75, 3.05) is 12.4 Å². The number of nitrogens with one attached hydrogen (secondary N) is 2. The first-order valence-electron chi connectivity index (χ1n) is 6.47. The molecule has 0 atom stereocenters. The highest BCUT2D eigenvalue weighted by Gasteiger charge is 2.06. The summed E-state index contributed by atoms with van der Waals surface area (Å²) < 4.78 is 0. The van der Waals surface area contributed by atoms with Crippen molar-refractivity contribution in [3.8, 4) is 0 Å². The second kappa shape index (κ2) is 3.75. The molecule has 4 aromatic rings. The molecule has 19 heavy (non-hydrogen) atoms. The van der Waals surface area contributed by atoms with Crippen molar-refractivity contribution in [1.29, 1.82) is 0 Å². The fourth-order valence-corrected chi connectivity index (χ4v) is 2.74. The van der Waals surface area contributed by atoms with E-state index in [0.717, 1.165) is 5.69 Å². The van der Waals surface area contributed by atoms with Gasteiger partial charge >= 0.3 is 0 Å². The summed E-state index contributed by atoms with van der Waals surface area (Å²) in [5.74, 6) is 0. The third kappa shape index (κ3) is 1.50. The molecule has 1 heterocycles. The smallest absolute Gasteiger partial charge is 0.0471 e. The van der Waals surface area contributed by atoms with Gasteiger partial charge in [0.15, 0.2) is 0 Å². The monoisotopic (exact) mass is 246 g/mol. The summed E-state index contributed by atoms with van der Waals surface area (Å²) in [5.41, 5.74) is 3.52. The predicted octanol–water partition coefficient (Wildman–Crippen LogP) is 4.52. The van der Waals surface area contributed by atoms with E-state index in [1.54, 1.807) is 0 Å². The van der Waals surface area contributed by atoms with Crippen LogP contribution in [-0.2, 0) is 0 Å². The summed E-state index contributed by atoms with van der Waals surface area (Å²) >= 11 is 0. The van der Waals surface area contributed by atoms with E-state index in [9.17, 15) is 0 Å². The molecule has 0 aliphatic rings. The van der Waals surface area contributed by atoms with Crippen molar-refractivity contribution < 1.29 is 0 Å². The molecule has 0 saturated carbocycles. The van der Waals surface area contributed by atoms with Crippen LogP contribution in [0.25, 0.3) is 32.6 Å². The fourth-order valence-electron chi connectivity index (χ4n) is 2.74. The van der Waals surface area contributed by atoms with Gasteiger partial charge in [0.2, 0.25) is 0 Å². The van der Waals surface area contributed by atoms with Crippen LogP contribution >= 0.6 is 0 Å². The Balaban J connectivity index is 2.17. The summed E-state index contributed by atoms with van der Waals surface area (Å²) in [6.07, 6.45) is 0. The summed E-state index contributed by atoms with van der Waals surface area (Å²) in [6.45, 7) is 0. The number of H-pyrrole nitrogens is 1. The lowest BCUT2D eigenvalue weighted by Crippen LogP contribution is -1.85. The van der Waals surface area contributed by atoms with Crippen molar-refractivity contribution in [3.63, 3.8) is 0 Å². The molecule has 0 aliphatic heterocycles. The van der Waals surface area contributed by atoms with Crippen LogP contribution in [0.3, 0.4) is 0 Å². The Labute approximate surface area is 111 Å². The van der Waals surface area contributed by atoms with E-state index in [-0.39, 0.29) is 0 Å². The Bertz CT molecular complexity index is 903. The van der Waals surface area contributed by atoms with Gasteiger partial charge in [-0.05, 0) is 41.1 Å². The Hall–Kier alpha value is -2.48. The molecule has 3 aromatic carbocycles. The molecule has 2 heteroatoms. The lowest BCUT2D eigenvalue weighted by atomic mass is 10.1. The van der Waals surface area contributed by atoms with Gasteiger partial charge in [-0.2, -0.15) is 0 Å². The summed E-state index contributed by atoms with van der Waals surface area (Å²) in [5, 5.41) is 8.31. The SMILES string of the molecule is CNc1ccc2[nH]c3cc4ccccc4cc3c2c1. The van der Waals surface area contributed by atoms with Crippen molar-refractivity contribution in [2.24, 2.45) is 0 Å². The normalized spacial score (nSPS) is 11.4. The minimum atomic E-state index is 1.14. The quantitative estimate of drug-likeness (QED) is 0.508. The minimum absolute atomic E-state index is 1.14. The highest BCUT2D eigenvalue weighted by atomic mass is 14.8. The van der Waals surface area contributed by atoms with Crippen LogP contribution in [0.1, 0.15) is 0 Å². The highest BCUT2D eigenvalue weighted by Crippen LogP contribution is 2.30. The van der Waals surface area contributed by atoms with Gasteiger partial charge in [-0.1, -0.05) is 24.3 Å². The number of anilines is 1. The molecule has 2 nitrogen and oxygen atoms in total. The van der Waals surface area contributed by atoms with Crippen molar-refractivity contribution in [1.82, 2.24) is 4.98 Å². The maximum Gasteiger partial charge on any atom is 0.0471 e. The maximum atomic E-state index is 3.49. The summed E-state index contributed by atoms with van der Waals surface area (Å²) in [7, 11) is 1.95. The molecule has 2 N–H and O–H groups in total. The number of aromatic nitrogens is 1. The van der Waals surface area contributed by atoms with Crippen LogP contribution < -0.4 is 5.32 Å². The first-order chi connectivity index (χ1) is 9.35. The van der Waals surface area contributed by atoms with E-state index in [1.807, 2.05) is 7.05 Å². The molecule has 0 fully saturated rings. The molecule has 0 spiro atoms. The number of fused-ring (bicyclic) bond motifs is 4. The molecule has 0 bridgehead atoms. The molecule has 0 saturated heterocycles. The van der Waals surface area contributed by atoms with Crippen LogP contribution in [0.2, 0.25) is 0 Å². The minimum Gasteiger partial charge on any atom is -0.388 e. The van der Waals surface area contributed by atoms with E-state index in [2.05, 4.69) is 64.9 Å². The lowest BCUT2D eigenvalue weighted by Gasteiger charge is -2.00. The molecule has 0 radical (unpaired) electrons. The average Bonchev–Trinajstić information content (AvgIpc) is 2.81. The summed E-state index contributed by atoms with van der Waals surface area (Å²) in [6, 6.07) is 19.4. The van der Waals surface area contributed by atoms with Gasteiger partial charge in [0.25, 0.3) is 0 Å². The van der Waals surface area contributed by atoms with Crippen molar-refractivity contribution in [3.05, 3.63) is 54.6 Å². The van der Waals surface area contributed by atoms with Crippen LogP contribution in [0.4, 0.5) is 5.69 Å². The van der Waals surface area contributed by atoms with Gasteiger partial charge in [-0.25, -0.2) is 0 Å². The lowest BCUT2D eigenvalue weighted by molar-refractivity contribution is 1.51. The number of hydrogen-bond donors (Lipinski definition) is 2. The first-order valence-corrected chi connectivity index (χ1v) is 6.47. The van der Waals surface area contributed by atoms with Crippen LogP contribution in [0.15, 0.2) is 54.6 Å². The van der Waals surface area contributed by atoms with E-state index in [4.69, 9.17) is 0 Å². The predicted molar refractivity (Wildman–Crippen MR) is 82.9 cm³/mol. The Morgan fingerprint density at radius 2 is 1.53 bits per heavy atom. The van der Waals surface area contributed by atoms with E-state index >= 15 is 0 Å². The maximum absolute atomic E-state index is 3.49. The zero-order chi connectivity index (χ0) is 12.8. The second-order valence-corrected chi connectivity index (χ2v) is 4.88. The molecular formula is C17H14N2. The summed E-state index contributed by atoms with van der Waals surface area (Å²) in [4.78, 5) is 3.49. The largest absolute Gasteiger partial charge is 0.388 e. The third-order valence-electron chi connectivity index (χ3n) is 3.75. The molecule has 0 amide bonds. The fraction of sp³-hybridized carbons (Fsp3) is 0.0588. The molecule has 92 valence electrons. The number of rotatable bonds is 1. The molecule has 4 rings (SSSR count). The molecular weight excluding hydrogens is 232 g/mol. The van der Waals surface area contributed by atoms with Gasteiger partial charge in [0.1, 0.15) is 0 Å². The highest BCUT2D eigenvalue weighted by molar-refractivity contribution is 6.12. The zero-order valence-corrected chi connectivity index (χ0v) is 10.7. The van der Waals surface area contributed by atoms with E-state index < -0.39 is 0 Å². The number of hydrogen-bond acceptors (Lipinski definition) is 1. The number of aromatic amines is 1. The number of benzene rings is 3. The van der Waals surface area contributed by atoms with Crippen molar-refractivity contribution >= 4 is 38.3 Å². The zero-order valence-electron chi connectivity index (χ0n) is 10.7. The van der Waals surface area contributed by atoms with Gasteiger partial charge in [0.05, 0.1) is 0 Å². The van der Waals surface area contributed by atoms with Crippen molar-refractivity contribution in [2.45, 2.75) is 0 Å². The van der Waals surface area contributed by atoms with Crippen LogP contribution in [0, 0.1) is 0 Å². The van der Waals surface area contributed by atoms with Gasteiger partial charge in [-0.15, -0.1) is 0 Å². The first kappa shape index (κ1) is 10.4. The Morgan fingerprint density at radius 1 is 0.789 bits per heavy atom. The van der Waals surface area contributed by atoms with E-state index in [1.165, 1.54) is 32.6 Å².